The molecule has 3 N–H and O–H groups in total. The van der Waals surface area contributed by atoms with E-state index < -0.39 is 36.2 Å². The number of halogens is 3. The van der Waals surface area contributed by atoms with Gasteiger partial charge in [0.05, 0.1) is 6.61 Å². The minimum Gasteiger partial charge on any atom is -0.463 e. The van der Waals surface area contributed by atoms with Gasteiger partial charge in [-0.3, -0.25) is 9.59 Å². The van der Waals surface area contributed by atoms with Crippen molar-refractivity contribution in [1.29, 1.82) is 0 Å². The van der Waals surface area contributed by atoms with Crippen LogP contribution in [0.25, 0.3) is 0 Å². The number of carbonyl (C=O) groups is 3. The lowest BCUT2D eigenvalue weighted by atomic mass is 9.85. The van der Waals surface area contributed by atoms with Gasteiger partial charge in [-0.2, -0.15) is 13.2 Å². The minimum atomic E-state index is -4.92. The Bertz CT molecular complexity index is 551. The number of unbranched alkanes of at least 4 members (excludes halogenated alkanes) is 1. The Balaban J connectivity index is 2.38. The maximum Gasteiger partial charge on any atom is 0.471 e. The van der Waals surface area contributed by atoms with E-state index >= 15 is 0 Å². The molecule has 0 radical (unpaired) electrons. The molecule has 30 heavy (non-hydrogen) atoms. The summed E-state index contributed by atoms with van der Waals surface area (Å²) in [6.07, 6.45) is 1.72. The van der Waals surface area contributed by atoms with Crippen molar-refractivity contribution in [2.75, 3.05) is 13.2 Å². The maximum absolute atomic E-state index is 12.2. The lowest BCUT2D eigenvalue weighted by Gasteiger charge is -2.24. The molecule has 0 spiro atoms. The van der Waals surface area contributed by atoms with Gasteiger partial charge in [-0.25, -0.2) is 4.79 Å². The van der Waals surface area contributed by atoms with Gasteiger partial charge in [0, 0.05) is 6.54 Å². The van der Waals surface area contributed by atoms with Crippen LogP contribution >= 0.6 is 0 Å². The molecule has 1 rings (SSSR count). The number of amides is 1. The molecule has 0 bridgehead atoms. The molecule has 2 atom stereocenters. The standard InChI is InChI=1S/C20H33F3N2O5/c1-2-29-18(27)16(12-11-14-8-4-3-5-9-14)30-17(26)15(24)10-6-7-13-25-19(28)20(21,22)23/h14-16H,2-13,24H2,1H3,(H,25,28)/t15-,16-/m0/s1. The van der Waals surface area contributed by atoms with Gasteiger partial charge in [0.2, 0.25) is 0 Å². The van der Waals surface area contributed by atoms with Crippen molar-refractivity contribution in [2.24, 2.45) is 11.7 Å². The average molecular weight is 438 g/mol. The highest BCUT2D eigenvalue weighted by atomic mass is 19.4. The highest BCUT2D eigenvalue weighted by molar-refractivity contribution is 5.82. The molecule has 1 aliphatic rings. The third kappa shape index (κ3) is 10.3. The van der Waals surface area contributed by atoms with Crippen LogP contribution in [0.3, 0.4) is 0 Å². The molecule has 1 saturated carbocycles. The Morgan fingerprint density at radius 2 is 1.73 bits per heavy atom. The molecule has 174 valence electrons. The van der Waals surface area contributed by atoms with Crippen molar-refractivity contribution in [2.45, 2.75) is 89.5 Å². The monoisotopic (exact) mass is 438 g/mol. The number of nitrogens with one attached hydrogen (secondary N) is 1. The zero-order valence-corrected chi connectivity index (χ0v) is 17.5. The van der Waals surface area contributed by atoms with Crippen molar-refractivity contribution in [3.8, 4) is 0 Å². The largest absolute Gasteiger partial charge is 0.471 e. The molecule has 0 saturated heterocycles. The fourth-order valence-corrected chi connectivity index (χ4v) is 3.46. The summed E-state index contributed by atoms with van der Waals surface area (Å²) in [7, 11) is 0. The minimum absolute atomic E-state index is 0.166. The molecule has 10 heteroatoms. The molecule has 7 nitrogen and oxygen atoms in total. The second kappa shape index (κ2) is 13.5. The van der Waals surface area contributed by atoms with Crippen LogP contribution in [-0.4, -0.2) is 49.3 Å². The maximum atomic E-state index is 12.2. The molecule has 1 fully saturated rings. The van der Waals surface area contributed by atoms with Crippen molar-refractivity contribution in [3.63, 3.8) is 0 Å². The van der Waals surface area contributed by atoms with Crippen molar-refractivity contribution in [1.82, 2.24) is 5.32 Å². The average Bonchev–Trinajstić information content (AvgIpc) is 2.70. The van der Waals surface area contributed by atoms with Crippen LogP contribution in [0.5, 0.6) is 0 Å². The predicted octanol–water partition coefficient (Wildman–Crippen LogP) is 3.00. The van der Waals surface area contributed by atoms with E-state index in [1.165, 1.54) is 19.3 Å². The van der Waals surface area contributed by atoms with Gasteiger partial charge >= 0.3 is 24.0 Å². The summed E-state index contributed by atoms with van der Waals surface area (Å²) in [5, 5.41) is 1.75. The fraction of sp³-hybridized carbons (Fsp3) is 0.850. The third-order valence-electron chi connectivity index (χ3n) is 5.16. The van der Waals surface area contributed by atoms with Crippen LogP contribution in [0.4, 0.5) is 13.2 Å². The summed E-state index contributed by atoms with van der Waals surface area (Å²) in [6.45, 7) is 1.67. The molecule has 0 unspecified atom stereocenters. The van der Waals surface area contributed by atoms with E-state index in [-0.39, 0.29) is 26.0 Å². The van der Waals surface area contributed by atoms with Gasteiger partial charge in [-0.1, -0.05) is 32.1 Å². The number of rotatable bonds is 12. The van der Waals surface area contributed by atoms with Crippen molar-refractivity contribution in [3.05, 3.63) is 0 Å². The lowest BCUT2D eigenvalue weighted by Crippen LogP contribution is -2.39. The smallest absolute Gasteiger partial charge is 0.463 e. The zero-order valence-electron chi connectivity index (χ0n) is 17.5. The lowest BCUT2D eigenvalue weighted by molar-refractivity contribution is -0.173. The first kappa shape index (κ1) is 26.2. The molecule has 0 aromatic carbocycles. The molecule has 1 aliphatic carbocycles. The molecule has 0 aromatic rings. The Morgan fingerprint density at radius 3 is 2.33 bits per heavy atom. The highest BCUT2D eigenvalue weighted by Crippen LogP contribution is 2.28. The van der Waals surface area contributed by atoms with E-state index in [1.54, 1.807) is 12.2 Å². The van der Waals surface area contributed by atoms with Gasteiger partial charge in [-0.15, -0.1) is 0 Å². The molecule has 1 amide bonds. The Morgan fingerprint density at radius 1 is 1.07 bits per heavy atom. The van der Waals surface area contributed by atoms with Crippen molar-refractivity contribution < 1.29 is 37.0 Å². The van der Waals surface area contributed by atoms with E-state index in [1.807, 2.05) is 0 Å². The van der Waals surface area contributed by atoms with E-state index in [0.717, 1.165) is 19.3 Å². The molecular weight excluding hydrogens is 405 g/mol. The van der Waals surface area contributed by atoms with Crippen LogP contribution < -0.4 is 11.1 Å². The SMILES string of the molecule is CCOC(=O)[C@H](CCC1CCCCC1)OC(=O)[C@@H](N)CCCCNC(=O)C(F)(F)F. The van der Waals surface area contributed by atoms with Crippen LogP contribution in [-0.2, 0) is 23.9 Å². The van der Waals surface area contributed by atoms with E-state index in [0.29, 0.717) is 18.8 Å². The Labute approximate surface area is 175 Å². The second-order valence-electron chi connectivity index (χ2n) is 7.61. The molecule has 0 aliphatic heterocycles. The van der Waals surface area contributed by atoms with Gasteiger partial charge in [0.1, 0.15) is 6.04 Å². The normalized spacial score (nSPS) is 17.1. The molecule has 0 aromatic heterocycles. The summed E-state index contributed by atoms with van der Waals surface area (Å²) in [6, 6.07) is -1.00. The first-order chi connectivity index (χ1) is 14.1. The fourth-order valence-electron chi connectivity index (χ4n) is 3.46. The van der Waals surface area contributed by atoms with E-state index in [4.69, 9.17) is 15.2 Å². The highest BCUT2D eigenvalue weighted by Gasteiger charge is 2.38. The number of nitrogens with two attached hydrogens (primary N) is 1. The summed E-state index contributed by atoms with van der Waals surface area (Å²) >= 11 is 0. The zero-order chi connectivity index (χ0) is 22.6. The topological polar surface area (TPSA) is 108 Å². The summed E-state index contributed by atoms with van der Waals surface area (Å²) in [5.41, 5.74) is 5.80. The number of alkyl halides is 3. The van der Waals surface area contributed by atoms with E-state index in [9.17, 15) is 27.6 Å². The number of hydrogen-bond donors (Lipinski definition) is 2. The van der Waals surface area contributed by atoms with Gasteiger partial charge < -0.3 is 20.5 Å². The quantitative estimate of drug-likeness (QED) is 0.358. The summed E-state index contributed by atoms with van der Waals surface area (Å²) < 4.78 is 46.6. The first-order valence-electron chi connectivity index (χ1n) is 10.6. The van der Waals surface area contributed by atoms with Crippen LogP contribution in [0.1, 0.15) is 71.1 Å². The van der Waals surface area contributed by atoms with Gasteiger partial charge in [0.25, 0.3) is 0 Å². The Hall–Kier alpha value is -1.84. The molecular formula is C20H33F3N2O5. The third-order valence-corrected chi connectivity index (χ3v) is 5.16. The Kier molecular flexibility index (Phi) is 11.8. The summed E-state index contributed by atoms with van der Waals surface area (Å²) in [4.78, 5) is 35.1. The van der Waals surface area contributed by atoms with Gasteiger partial charge in [0.15, 0.2) is 6.10 Å². The predicted molar refractivity (Wildman–Crippen MR) is 103 cm³/mol. The van der Waals surface area contributed by atoms with E-state index in [2.05, 4.69) is 0 Å². The second-order valence-corrected chi connectivity index (χ2v) is 7.61. The molecule has 0 heterocycles. The van der Waals surface area contributed by atoms with Crippen molar-refractivity contribution >= 4 is 17.8 Å². The van der Waals surface area contributed by atoms with Crippen LogP contribution in [0, 0.1) is 5.92 Å². The number of esters is 2. The van der Waals surface area contributed by atoms with Crippen LogP contribution in [0.2, 0.25) is 0 Å². The summed E-state index contributed by atoms with van der Waals surface area (Å²) in [5.74, 6) is -2.82. The number of hydrogen-bond acceptors (Lipinski definition) is 6. The number of ether oxygens (including phenoxy) is 2. The van der Waals surface area contributed by atoms with Gasteiger partial charge in [-0.05, 0) is 44.9 Å². The van der Waals surface area contributed by atoms with Crippen LogP contribution in [0.15, 0.2) is 0 Å². The number of carbonyl (C=O) groups excluding carboxylic acids is 3. The first-order valence-corrected chi connectivity index (χ1v) is 10.6.